The minimum absolute atomic E-state index is 0.197. The molecule has 22 heavy (non-hydrogen) atoms. The van der Waals surface area contributed by atoms with Gasteiger partial charge in [-0.3, -0.25) is 0 Å². The van der Waals surface area contributed by atoms with Gasteiger partial charge in [0.2, 0.25) is 0 Å². The third-order valence-corrected chi connectivity index (χ3v) is 3.79. The average Bonchev–Trinajstić information content (AvgIpc) is 3.29. The zero-order valence-electron chi connectivity index (χ0n) is 11.9. The van der Waals surface area contributed by atoms with E-state index in [0.29, 0.717) is 5.56 Å². The molecule has 0 N–H and O–H groups in total. The van der Waals surface area contributed by atoms with Gasteiger partial charge in [0.05, 0.1) is 12.2 Å². The molecule has 0 spiro atoms. The molecule has 114 valence electrons. The number of halogens is 2. The van der Waals surface area contributed by atoms with E-state index in [1.165, 1.54) is 6.07 Å². The largest absolute Gasteiger partial charge is 0.456 e. The maximum atomic E-state index is 13.9. The summed E-state index contributed by atoms with van der Waals surface area (Å²) in [6, 6.07) is 11.8. The standard InChI is InChI=1S/C17H14F2O3/c1-11(22-16(20)12-5-3-2-4-6-12)17(10-21-17)14-8-7-13(18)9-15(14)19/h2-9,11H,10H2,1H3/t11-,17-/m0/s1. The van der Waals surface area contributed by atoms with E-state index >= 15 is 0 Å². The van der Waals surface area contributed by atoms with E-state index in [1.807, 2.05) is 0 Å². The van der Waals surface area contributed by atoms with Gasteiger partial charge >= 0.3 is 5.97 Å². The zero-order chi connectivity index (χ0) is 15.7. The van der Waals surface area contributed by atoms with Crippen molar-refractivity contribution in [2.75, 3.05) is 6.61 Å². The summed E-state index contributed by atoms with van der Waals surface area (Å²) >= 11 is 0. The van der Waals surface area contributed by atoms with E-state index in [0.717, 1.165) is 12.1 Å². The van der Waals surface area contributed by atoms with Crippen molar-refractivity contribution >= 4 is 5.97 Å². The van der Waals surface area contributed by atoms with Crippen molar-refractivity contribution in [3.05, 3.63) is 71.3 Å². The van der Waals surface area contributed by atoms with Gasteiger partial charge in [-0.15, -0.1) is 0 Å². The number of benzene rings is 2. The number of esters is 1. The lowest BCUT2D eigenvalue weighted by atomic mass is 9.94. The normalized spacial score (nSPS) is 21.2. The lowest BCUT2D eigenvalue weighted by Gasteiger charge is -2.21. The first-order chi connectivity index (χ1) is 10.5. The molecule has 1 aliphatic heterocycles. The summed E-state index contributed by atoms with van der Waals surface area (Å²) in [4.78, 5) is 12.1. The highest BCUT2D eigenvalue weighted by Gasteiger charge is 2.55. The van der Waals surface area contributed by atoms with E-state index < -0.39 is 29.3 Å². The van der Waals surface area contributed by atoms with E-state index in [4.69, 9.17) is 9.47 Å². The van der Waals surface area contributed by atoms with Gasteiger partial charge in [0.25, 0.3) is 0 Å². The molecular weight excluding hydrogens is 290 g/mol. The SMILES string of the molecule is C[C@H](OC(=O)c1ccccc1)[C@]1(c2ccc(F)cc2F)CO1. The second kappa shape index (κ2) is 5.50. The molecule has 3 nitrogen and oxygen atoms in total. The minimum Gasteiger partial charge on any atom is -0.456 e. The fourth-order valence-electron chi connectivity index (χ4n) is 2.42. The van der Waals surface area contributed by atoms with Crippen LogP contribution in [0.4, 0.5) is 8.78 Å². The van der Waals surface area contributed by atoms with Crippen LogP contribution in [0.25, 0.3) is 0 Å². The van der Waals surface area contributed by atoms with Crippen molar-refractivity contribution in [1.82, 2.24) is 0 Å². The Labute approximate surface area is 126 Å². The van der Waals surface area contributed by atoms with Crippen molar-refractivity contribution in [2.45, 2.75) is 18.6 Å². The quantitative estimate of drug-likeness (QED) is 0.641. The average molecular weight is 304 g/mol. The molecule has 3 rings (SSSR count). The Morgan fingerprint density at radius 1 is 1.23 bits per heavy atom. The predicted octanol–water partition coefficient (Wildman–Crippen LogP) is 3.44. The molecular formula is C17H14F2O3. The molecule has 0 radical (unpaired) electrons. The molecule has 2 aromatic carbocycles. The molecule has 0 aliphatic carbocycles. The van der Waals surface area contributed by atoms with Crippen molar-refractivity contribution in [3.8, 4) is 0 Å². The first-order valence-electron chi connectivity index (χ1n) is 6.88. The highest BCUT2D eigenvalue weighted by atomic mass is 19.1. The molecule has 5 heteroatoms. The Hall–Kier alpha value is -2.27. The van der Waals surface area contributed by atoms with Crippen LogP contribution in [-0.4, -0.2) is 18.7 Å². The van der Waals surface area contributed by atoms with Crippen LogP contribution in [0.5, 0.6) is 0 Å². The van der Waals surface area contributed by atoms with E-state index in [2.05, 4.69) is 0 Å². The molecule has 0 unspecified atom stereocenters. The Kier molecular flexibility index (Phi) is 3.66. The van der Waals surface area contributed by atoms with Crippen molar-refractivity contribution in [1.29, 1.82) is 0 Å². The fraction of sp³-hybridized carbons (Fsp3) is 0.235. The topological polar surface area (TPSA) is 38.8 Å². The van der Waals surface area contributed by atoms with Gasteiger partial charge in [-0.2, -0.15) is 0 Å². The fourth-order valence-corrected chi connectivity index (χ4v) is 2.42. The van der Waals surface area contributed by atoms with Crippen LogP contribution in [0.2, 0.25) is 0 Å². The van der Waals surface area contributed by atoms with Gasteiger partial charge in [-0.1, -0.05) is 24.3 Å². The number of carbonyl (C=O) groups excluding carboxylic acids is 1. The first kappa shape index (κ1) is 14.7. The van der Waals surface area contributed by atoms with Crippen molar-refractivity contribution in [3.63, 3.8) is 0 Å². The maximum absolute atomic E-state index is 13.9. The molecule has 1 saturated heterocycles. The second-order valence-electron chi connectivity index (χ2n) is 5.22. The van der Waals surface area contributed by atoms with E-state index in [1.54, 1.807) is 37.3 Å². The Morgan fingerprint density at radius 3 is 2.50 bits per heavy atom. The van der Waals surface area contributed by atoms with Crippen LogP contribution in [-0.2, 0) is 15.1 Å². The van der Waals surface area contributed by atoms with Crippen LogP contribution >= 0.6 is 0 Å². The summed E-state index contributed by atoms with van der Waals surface area (Å²) in [5, 5.41) is 0. The lowest BCUT2D eigenvalue weighted by Crippen LogP contribution is -2.31. The molecule has 1 aliphatic rings. The van der Waals surface area contributed by atoms with Gasteiger partial charge < -0.3 is 9.47 Å². The molecule has 0 aromatic heterocycles. The molecule has 1 fully saturated rings. The number of epoxide rings is 1. The Bertz CT molecular complexity index is 696. The summed E-state index contributed by atoms with van der Waals surface area (Å²) in [5.41, 5.74) is -0.436. The van der Waals surface area contributed by atoms with Crippen LogP contribution in [0, 0.1) is 11.6 Å². The summed E-state index contributed by atoms with van der Waals surface area (Å²) < 4.78 is 37.7. The van der Waals surface area contributed by atoms with Crippen molar-refractivity contribution < 1.29 is 23.0 Å². The van der Waals surface area contributed by atoms with Gasteiger partial charge in [0.15, 0.2) is 5.60 Å². The smallest absolute Gasteiger partial charge is 0.338 e. The minimum atomic E-state index is -1.04. The summed E-state index contributed by atoms with van der Waals surface area (Å²) in [7, 11) is 0. The lowest BCUT2D eigenvalue weighted by molar-refractivity contribution is 0.00980. The first-order valence-corrected chi connectivity index (χ1v) is 6.88. The maximum Gasteiger partial charge on any atom is 0.338 e. The number of hydrogen-bond acceptors (Lipinski definition) is 3. The monoisotopic (exact) mass is 304 g/mol. The Morgan fingerprint density at radius 2 is 1.91 bits per heavy atom. The molecule has 0 saturated carbocycles. The molecule has 0 bridgehead atoms. The summed E-state index contributed by atoms with van der Waals surface area (Å²) in [5.74, 6) is -1.88. The number of ether oxygens (including phenoxy) is 2. The van der Waals surface area contributed by atoms with Gasteiger partial charge in [-0.05, 0) is 25.1 Å². The van der Waals surface area contributed by atoms with Crippen molar-refractivity contribution in [2.24, 2.45) is 0 Å². The van der Waals surface area contributed by atoms with Crippen LogP contribution in [0.15, 0.2) is 48.5 Å². The van der Waals surface area contributed by atoms with Crippen LogP contribution in [0.3, 0.4) is 0 Å². The third kappa shape index (κ3) is 2.60. The second-order valence-corrected chi connectivity index (χ2v) is 5.22. The predicted molar refractivity (Wildman–Crippen MR) is 75.3 cm³/mol. The Balaban J connectivity index is 1.80. The molecule has 2 aromatic rings. The highest BCUT2D eigenvalue weighted by Crippen LogP contribution is 2.44. The molecule has 1 heterocycles. The van der Waals surface area contributed by atoms with E-state index in [-0.39, 0.29) is 12.2 Å². The van der Waals surface area contributed by atoms with Gasteiger partial charge in [0.1, 0.15) is 17.7 Å². The van der Waals surface area contributed by atoms with E-state index in [9.17, 15) is 13.6 Å². The number of rotatable bonds is 4. The summed E-state index contributed by atoms with van der Waals surface area (Å²) in [6.45, 7) is 1.86. The zero-order valence-corrected chi connectivity index (χ0v) is 11.9. The van der Waals surface area contributed by atoms with Crippen LogP contribution in [0.1, 0.15) is 22.8 Å². The molecule has 0 amide bonds. The summed E-state index contributed by atoms with van der Waals surface area (Å²) in [6.07, 6.45) is -0.694. The highest BCUT2D eigenvalue weighted by molar-refractivity contribution is 5.89. The molecule has 2 atom stereocenters. The van der Waals surface area contributed by atoms with Crippen LogP contribution < -0.4 is 0 Å². The number of carbonyl (C=O) groups is 1. The van der Waals surface area contributed by atoms with Gasteiger partial charge in [-0.25, -0.2) is 13.6 Å². The third-order valence-electron chi connectivity index (χ3n) is 3.79. The van der Waals surface area contributed by atoms with Gasteiger partial charge in [0, 0.05) is 11.6 Å². The number of hydrogen-bond donors (Lipinski definition) is 0.